The van der Waals surface area contributed by atoms with Gasteiger partial charge in [0.25, 0.3) is 0 Å². The zero-order valence-electron chi connectivity index (χ0n) is 14.0. The topological polar surface area (TPSA) is 50.8 Å². The molecule has 2 amide bonds. The molecule has 1 heterocycles. The van der Waals surface area contributed by atoms with Crippen LogP contribution in [-0.2, 0) is 4.74 Å². The first-order chi connectivity index (χ1) is 11.0. The number of amides is 2. The number of hydrogen-bond donors (Lipinski definition) is 1. The summed E-state index contributed by atoms with van der Waals surface area (Å²) in [6, 6.07) is 4.34. The molecule has 5 nitrogen and oxygen atoms in total. The van der Waals surface area contributed by atoms with Crippen LogP contribution in [0.3, 0.4) is 0 Å². The van der Waals surface area contributed by atoms with Crippen LogP contribution in [0.1, 0.15) is 31.9 Å². The number of ether oxygens (including phenoxy) is 2. The van der Waals surface area contributed by atoms with Crippen molar-refractivity contribution in [2.24, 2.45) is 5.92 Å². The van der Waals surface area contributed by atoms with Crippen molar-refractivity contribution in [1.29, 1.82) is 0 Å². The number of rotatable bonds is 6. The van der Waals surface area contributed by atoms with Crippen molar-refractivity contribution >= 4 is 6.03 Å². The van der Waals surface area contributed by atoms with Crippen molar-refractivity contribution in [2.45, 2.75) is 26.3 Å². The van der Waals surface area contributed by atoms with E-state index in [-0.39, 0.29) is 17.8 Å². The Morgan fingerprint density at radius 1 is 1.52 bits per heavy atom. The Morgan fingerprint density at radius 3 is 2.96 bits per heavy atom. The number of methoxy groups -OCH3 is 1. The number of benzene rings is 1. The van der Waals surface area contributed by atoms with E-state index in [4.69, 9.17) is 9.47 Å². The molecule has 0 spiro atoms. The molecule has 1 N–H and O–H groups in total. The first-order valence-corrected chi connectivity index (χ1v) is 8.01. The highest BCUT2D eigenvalue weighted by molar-refractivity contribution is 5.75. The Kier molecular flexibility index (Phi) is 6.21. The number of hydrogen-bond acceptors (Lipinski definition) is 3. The van der Waals surface area contributed by atoms with Gasteiger partial charge in [0.15, 0.2) is 11.6 Å². The van der Waals surface area contributed by atoms with Crippen LogP contribution in [0.4, 0.5) is 9.18 Å². The number of nitrogens with one attached hydrogen (secondary N) is 1. The fourth-order valence-corrected chi connectivity index (χ4v) is 2.75. The van der Waals surface area contributed by atoms with Crippen LogP contribution < -0.4 is 10.1 Å². The maximum absolute atomic E-state index is 13.8. The van der Waals surface area contributed by atoms with Gasteiger partial charge in [-0.15, -0.1) is 0 Å². The summed E-state index contributed by atoms with van der Waals surface area (Å²) in [4.78, 5) is 14.1. The standard InChI is InChI=1S/C17H25FN2O3/c1-4-23-11-13-7-8-20(10-13)17(21)19-12(2)14-5-6-16(22-3)15(18)9-14/h5-6,9,12-13H,4,7-8,10-11H2,1-3H3,(H,19,21)/t12-,13-/m0/s1. The first-order valence-electron chi connectivity index (χ1n) is 8.01. The second-order valence-corrected chi connectivity index (χ2v) is 5.83. The van der Waals surface area contributed by atoms with Gasteiger partial charge in [-0.05, 0) is 38.0 Å². The fourth-order valence-electron chi connectivity index (χ4n) is 2.75. The number of urea groups is 1. The third-order valence-electron chi connectivity index (χ3n) is 4.15. The molecular formula is C17H25FN2O3. The highest BCUT2D eigenvalue weighted by atomic mass is 19.1. The zero-order chi connectivity index (χ0) is 16.8. The van der Waals surface area contributed by atoms with Crippen LogP contribution in [0.25, 0.3) is 0 Å². The van der Waals surface area contributed by atoms with E-state index in [9.17, 15) is 9.18 Å². The number of nitrogens with zero attached hydrogens (tertiary/aromatic N) is 1. The Bertz CT molecular complexity index is 539. The summed E-state index contributed by atoms with van der Waals surface area (Å²) in [5.41, 5.74) is 0.710. The molecule has 1 aromatic carbocycles. The normalized spacial score (nSPS) is 18.8. The minimum Gasteiger partial charge on any atom is -0.494 e. The predicted octanol–water partition coefficient (Wildman–Crippen LogP) is 2.96. The number of carbonyl (C=O) groups is 1. The molecule has 23 heavy (non-hydrogen) atoms. The molecular weight excluding hydrogens is 299 g/mol. The maximum Gasteiger partial charge on any atom is 0.317 e. The van der Waals surface area contributed by atoms with Gasteiger partial charge in [-0.2, -0.15) is 0 Å². The van der Waals surface area contributed by atoms with Gasteiger partial charge >= 0.3 is 6.03 Å². The van der Waals surface area contributed by atoms with E-state index in [1.807, 2.05) is 13.8 Å². The van der Waals surface area contributed by atoms with E-state index >= 15 is 0 Å². The minimum absolute atomic E-state index is 0.118. The molecule has 0 bridgehead atoms. The molecule has 0 aliphatic carbocycles. The largest absolute Gasteiger partial charge is 0.494 e. The summed E-state index contributed by atoms with van der Waals surface area (Å²) < 4.78 is 24.1. The van der Waals surface area contributed by atoms with Crippen molar-refractivity contribution < 1.29 is 18.7 Å². The number of likely N-dealkylation sites (tertiary alicyclic amines) is 1. The summed E-state index contributed by atoms with van der Waals surface area (Å²) in [6.07, 6.45) is 0.957. The molecule has 6 heteroatoms. The van der Waals surface area contributed by atoms with E-state index < -0.39 is 5.82 Å². The van der Waals surface area contributed by atoms with Gasteiger partial charge in [-0.1, -0.05) is 6.07 Å². The van der Waals surface area contributed by atoms with Gasteiger partial charge in [0, 0.05) is 25.6 Å². The Morgan fingerprint density at radius 2 is 2.30 bits per heavy atom. The fraction of sp³-hybridized carbons (Fsp3) is 0.588. The Balaban J connectivity index is 1.89. The van der Waals surface area contributed by atoms with Crippen LogP contribution in [-0.4, -0.2) is 44.3 Å². The van der Waals surface area contributed by atoms with E-state index in [2.05, 4.69) is 5.32 Å². The van der Waals surface area contributed by atoms with Crippen LogP contribution in [0.5, 0.6) is 5.75 Å². The van der Waals surface area contributed by atoms with E-state index in [0.29, 0.717) is 31.2 Å². The molecule has 1 aliphatic rings. The maximum atomic E-state index is 13.8. The molecule has 2 rings (SSSR count). The van der Waals surface area contributed by atoms with Gasteiger partial charge in [0.1, 0.15) is 0 Å². The smallest absolute Gasteiger partial charge is 0.317 e. The lowest BCUT2D eigenvalue weighted by molar-refractivity contribution is 0.113. The van der Waals surface area contributed by atoms with Crippen molar-refractivity contribution in [3.63, 3.8) is 0 Å². The highest BCUT2D eigenvalue weighted by Gasteiger charge is 2.27. The second kappa shape index (κ2) is 8.15. The first kappa shape index (κ1) is 17.5. The SMILES string of the molecule is CCOC[C@H]1CCN(C(=O)N[C@@H](C)c2ccc(OC)c(F)c2)C1. The molecule has 1 saturated heterocycles. The molecule has 0 aromatic heterocycles. The zero-order valence-corrected chi connectivity index (χ0v) is 14.0. The molecule has 0 radical (unpaired) electrons. The van der Waals surface area contributed by atoms with Crippen molar-refractivity contribution in [3.05, 3.63) is 29.6 Å². The molecule has 1 aliphatic heterocycles. The third-order valence-corrected chi connectivity index (χ3v) is 4.15. The van der Waals surface area contributed by atoms with Gasteiger partial charge in [0.2, 0.25) is 0 Å². The van der Waals surface area contributed by atoms with Crippen molar-refractivity contribution in [2.75, 3.05) is 33.4 Å². The number of halogens is 1. The predicted molar refractivity (Wildman–Crippen MR) is 86.1 cm³/mol. The van der Waals surface area contributed by atoms with E-state index in [1.54, 1.807) is 17.0 Å². The van der Waals surface area contributed by atoms with Crippen molar-refractivity contribution in [3.8, 4) is 5.75 Å². The molecule has 2 atom stereocenters. The van der Waals surface area contributed by atoms with Crippen molar-refractivity contribution in [1.82, 2.24) is 10.2 Å². The molecule has 0 unspecified atom stereocenters. The molecule has 1 aromatic rings. The average molecular weight is 324 g/mol. The summed E-state index contributed by atoms with van der Waals surface area (Å²) in [7, 11) is 1.43. The van der Waals surface area contributed by atoms with Gasteiger partial charge < -0.3 is 19.7 Å². The van der Waals surface area contributed by atoms with Gasteiger partial charge in [-0.3, -0.25) is 0 Å². The summed E-state index contributed by atoms with van der Waals surface area (Å²) in [6.45, 7) is 6.63. The van der Waals surface area contributed by atoms with Crippen LogP contribution in [0.2, 0.25) is 0 Å². The van der Waals surface area contributed by atoms with Gasteiger partial charge in [-0.25, -0.2) is 9.18 Å². The second-order valence-electron chi connectivity index (χ2n) is 5.83. The lowest BCUT2D eigenvalue weighted by Gasteiger charge is -2.21. The quantitative estimate of drug-likeness (QED) is 0.875. The Labute approximate surface area is 136 Å². The molecule has 128 valence electrons. The Hall–Kier alpha value is -1.82. The van der Waals surface area contributed by atoms with Crippen LogP contribution in [0, 0.1) is 11.7 Å². The van der Waals surface area contributed by atoms with Crippen LogP contribution in [0.15, 0.2) is 18.2 Å². The summed E-state index contributed by atoms with van der Waals surface area (Å²) in [5.74, 6) is 0.170. The van der Waals surface area contributed by atoms with Gasteiger partial charge in [0.05, 0.1) is 19.8 Å². The van der Waals surface area contributed by atoms with Crippen LogP contribution >= 0.6 is 0 Å². The third kappa shape index (κ3) is 4.58. The minimum atomic E-state index is -0.427. The lowest BCUT2D eigenvalue weighted by Crippen LogP contribution is -2.39. The lowest BCUT2D eigenvalue weighted by atomic mass is 10.1. The summed E-state index contributed by atoms with van der Waals surface area (Å²) >= 11 is 0. The molecule has 1 fully saturated rings. The number of carbonyl (C=O) groups excluding carboxylic acids is 1. The highest BCUT2D eigenvalue weighted by Crippen LogP contribution is 2.22. The monoisotopic (exact) mass is 324 g/mol. The van der Waals surface area contributed by atoms with E-state index in [1.165, 1.54) is 13.2 Å². The summed E-state index contributed by atoms with van der Waals surface area (Å²) in [5, 5.41) is 2.92. The molecule has 0 saturated carbocycles. The van der Waals surface area contributed by atoms with E-state index in [0.717, 1.165) is 13.0 Å². The average Bonchev–Trinajstić information content (AvgIpc) is 3.01.